The Balaban J connectivity index is 2.48. The molecule has 0 bridgehead atoms. The second-order valence-electron chi connectivity index (χ2n) is 4.82. The molecule has 1 aromatic heterocycles. The van der Waals surface area contributed by atoms with Gasteiger partial charge in [-0.15, -0.1) is 11.3 Å². The highest BCUT2D eigenvalue weighted by Gasteiger charge is 2.29. The van der Waals surface area contributed by atoms with Gasteiger partial charge in [0.1, 0.15) is 6.10 Å². The molecule has 0 saturated carbocycles. The van der Waals surface area contributed by atoms with Crippen LogP contribution in [0, 0.1) is 0 Å². The van der Waals surface area contributed by atoms with Crippen molar-refractivity contribution in [3.8, 4) is 0 Å². The van der Waals surface area contributed by atoms with Crippen LogP contribution in [-0.4, -0.2) is 37.6 Å². The van der Waals surface area contributed by atoms with E-state index >= 15 is 0 Å². The fourth-order valence-corrected chi connectivity index (χ4v) is 2.66. The summed E-state index contributed by atoms with van der Waals surface area (Å²) in [5.41, 5.74) is 0. The highest BCUT2D eigenvalue weighted by atomic mass is 35.5. The number of hydrogen-bond donors (Lipinski definition) is 2. The average Bonchev–Trinajstić information content (AvgIpc) is 2.62. The molecule has 0 aliphatic rings. The van der Waals surface area contributed by atoms with Crippen LogP contribution >= 0.6 is 22.9 Å². The number of halogens is 1. The Labute approximate surface area is 117 Å². The molecule has 104 valence electrons. The maximum atomic E-state index is 11.5. The first kappa shape index (κ1) is 15.9. The van der Waals surface area contributed by atoms with Crippen molar-refractivity contribution >= 4 is 32.8 Å². The van der Waals surface area contributed by atoms with E-state index in [2.05, 4.69) is 5.32 Å². The summed E-state index contributed by atoms with van der Waals surface area (Å²) in [5, 5.41) is 12.8. The second-order valence-corrected chi connectivity index (χ2v) is 9.22. The third-order valence-electron chi connectivity index (χ3n) is 2.81. The van der Waals surface area contributed by atoms with Crippen molar-refractivity contribution in [2.24, 2.45) is 0 Å². The van der Waals surface area contributed by atoms with Crippen molar-refractivity contribution in [3.05, 3.63) is 21.3 Å². The van der Waals surface area contributed by atoms with Gasteiger partial charge in [0.2, 0.25) is 0 Å². The van der Waals surface area contributed by atoms with Gasteiger partial charge in [0.25, 0.3) is 0 Å². The molecule has 0 saturated heterocycles. The zero-order chi connectivity index (χ0) is 14.0. The lowest BCUT2D eigenvalue weighted by atomic mass is 10.2. The summed E-state index contributed by atoms with van der Waals surface area (Å²) in [5.74, 6) is 0. The molecule has 2 N–H and O–H groups in total. The molecule has 7 heteroatoms. The third kappa shape index (κ3) is 4.20. The highest BCUT2D eigenvalue weighted by Crippen LogP contribution is 2.26. The van der Waals surface area contributed by atoms with Crippen LogP contribution in [0.4, 0.5) is 0 Å². The summed E-state index contributed by atoms with van der Waals surface area (Å²) >= 11 is 7.10. The van der Waals surface area contributed by atoms with E-state index in [1.807, 2.05) is 0 Å². The van der Waals surface area contributed by atoms with Gasteiger partial charge < -0.3 is 10.4 Å². The van der Waals surface area contributed by atoms with Crippen LogP contribution in [0.1, 0.15) is 24.8 Å². The minimum atomic E-state index is -3.12. The van der Waals surface area contributed by atoms with Crippen LogP contribution in [0.2, 0.25) is 4.34 Å². The molecule has 1 heterocycles. The van der Waals surface area contributed by atoms with E-state index in [0.717, 1.165) is 4.88 Å². The summed E-state index contributed by atoms with van der Waals surface area (Å²) in [7, 11) is -3.12. The molecule has 1 rings (SSSR count). The Hall–Kier alpha value is -0.140. The van der Waals surface area contributed by atoms with Crippen LogP contribution < -0.4 is 5.32 Å². The molecule has 4 nitrogen and oxygen atoms in total. The molecule has 0 aromatic carbocycles. The van der Waals surface area contributed by atoms with Crippen LogP contribution in [0.3, 0.4) is 0 Å². The summed E-state index contributed by atoms with van der Waals surface area (Å²) in [6.07, 6.45) is 0.544. The number of rotatable bonds is 6. The number of sulfone groups is 1. The van der Waals surface area contributed by atoms with Crippen LogP contribution in [0.25, 0.3) is 0 Å². The first-order valence-electron chi connectivity index (χ1n) is 5.47. The molecular formula is C11H18ClNO3S2. The Bertz CT molecular complexity index is 496. The summed E-state index contributed by atoms with van der Waals surface area (Å²) < 4.78 is 22.7. The fraction of sp³-hybridized carbons (Fsp3) is 0.636. The SMILES string of the molecule is CC(C)(CNCC(O)c1ccc(Cl)s1)S(C)(=O)=O. The van der Waals surface area contributed by atoms with Gasteiger partial charge in [-0.2, -0.15) is 0 Å². The number of nitrogens with one attached hydrogen (secondary N) is 1. The van der Waals surface area contributed by atoms with Gasteiger partial charge in [-0.1, -0.05) is 11.6 Å². The smallest absolute Gasteiger partial charge is 0.153 e. The average molecular weight is 312 g/mol. The van der Waals surface area contributed by atoms with Gasteiger partial charge in [0.05, 0.1) is 9.08 Å². The Morgan fingerprint density at radius 1 is 1.50 bits per heavy atom. The van der Waals surface area contributed by atoms with Crippen molar-refractivity contribution in [1.29, 1.82) is 0 Å². The van der Waals surface area contributed by atoms with E-state index in [1.165, 1.54) is 17.6 Å². The Kier molecular flexibility index (Phi) is 5.20. The van der Waals surface area contributed by atoms with Crippen molar-refractivity contribution in [2.75, 3.05) is 19.3 Å². The Morgan fingerprint density at radius 2 is 2.11 bits per heavy atom. The molecule has 1 atom stereocenters. The zero-order valence-electron chi connectivity index (χ0n) is 10.6. The molecule has 0 amide bonds. The number of aliphatic hydroxyl groups is 1. The van der Waals surface area contributed by atoms with Crippen LogP contribution in [0.5, 0.6) is 0 Å². The second kappa shape index (κ2) is 5.88. The molecule has 18 heavy (non-hydrogen) atoms. The molecular weight excluding hydrogens is 294 g/mol. The lowest BCUT2D eigenvalue weighted by Crippen LogP contribution is -2.42. The van der Waals surface area contributed by atoms with Gasteiger partial charge in [-0.05, 0) is 26.0 Å². The van der Waals surface area contributed by atoms with Gasteiger partial charge in [-0.3, -0.25) is 0 Å². The predicted molar refractivity (Wildman–Crippen MR) is 76.1 cm³/mol. The monoisotopic (exact) mass is 311 g/mol. The molecule has 0 aliphatic heterocycles. The van der Waals surface area contributed by atoms with Gasteiger partial charge in [0, 0.05) is 24.2 Å². The first-order chi connectivity index (χ1) is 8.13. The largest absolute Gasteiger partial charge is 0.386 e. The van der Waals surface area contributed by atoms with Crippen molar-refractivity contribution in [1.82, 2.24) is 5.32 Å². The van der Waals surface area contributed by atoms with Crippen molar-refractivity contribution < 1.29 is 13.5 Å². The highest BCUT2D eigenvalue weighted by molar-refractivity contribution is 7.92. The topological polar surface area (TPSA) is 66.4 Å². The number of aliphatic hydroxyl groups excluding tert-OH is 1. The normalized spacial score (nSPS) is 14.7. The molecule has 0 aliphatic carbocycles. The molecule has 0 fully saturated rings. The van der Waals surface area contributed by atoms with E-state index < -0.39 is 20.7 Å². The summed E-state index contributed by atoms with van der Waals surface area (Å²) in [6.45, 7) is 3.91. The number of hydrogen-bond acceptors (Lipinski definition) is 5. The van der Waals surface area contributed by atoms with Crippen LogP contribution in [-0.2, 0) is 9.84 Å². The lowest BCUT2D eigenvalue weighted by molar-refractivity contribution is 0.177. The quantitative estimate of drug-likeness (QED) is 0.841. The molecule has 1 aromatic rings. The Morgan fingerprint density at radius 3 is 2.56 bits per heavy atom. The van der Waals surface area contributed by atoms with Crippen LogP contribution in [0.15, 0.2) is 12.1 Å². The van der Waals surface area contributed by atoms with Crippen molar-refractivity contribution in [2.45, 2.75) is 24.7 Å². The van der Waals surface area contributed by atoms with Crippen molar-refractivity contribution in [3.63, 3.8) is 0 Å². The van der Waals surface area contributed by atoms with E-state index in [1.54, 1.807) is 26.0 Å². The maximum Gasteiger partial charge on any atom is 0.153 e. The van der Waals surface area contributed by atoms with E-state index in [4.69, 9.17) is 11.6 Å². The van der Waals surface area contributed by atoms with E-state index in [-0.39, 0.29) is 0 Å². The van der Waals surface area contributed by atoms with E-state index in [9.17, 15) is 13.5 Å². The predicted octanol–water partition coefficient (Wildman–Crippen LogP) is 1.85. The molecule has 1 unspecified atom stereocenters. The van der Waals surface area contributed by atoms with Gasteiger partial charge in [0.15, 0.2) is 9.84 Å². The standard InChI is InChI=1S/C11H18ClNO3S2/c1-11(2,18(3,15)16)7-13-6-8(14)9-4-5-10(12)17-9/h4-5,8,13-14H,6-7H2,1-3H3. The lowest BCUT2D eigenvalue weighted by Gasteiger charge is -2.23. The fourth-order valence-electron chi connectivity index (χ4n) is 1.25. The van der Waals surface area contributed by atoms with Gasteiger partial charge >= 0.3 is 0 Å². The minimum absolute atomic E-state index is 0.294. The summed E-state index contributed by atoms with van der Waals surface area (Å²) in [4.78, 5) is 0.768. The number of thiophene rings is 1. The van der Waals surface area contributed by atoms with E-state index in [0.29, 0.717) is 17.4 Å². The third-order valence-corrected chi connectivity index (χ3v) is 6.30. The zero-order valence-corrected chi connectivity index (χ0v) is 13.0. The first-order valence-corrected chi connectivity index (χ1v) is 8.56. The molecule has 0 radical (unpaired) electrons. The maximum absolute atomic E-state index is 11.5. The molecule has 0 spiro atoms. The minimum Gasteiger partial charge on any atom is -0.386 e. The summed E-state index contributed by atoms with van der Waals surface area (Å²) in [6, 6.07) is 3.49. The van der Waals surface area contributed by atoms with Gasteiger partial charge in [-0.25, -0.2) is 8.42 Å².